The fraction of sp³-hybridized carbons (Fsp3) is 0.600. The van der Waals surface area contributed by atoms with Gasteiger partial charge in [-0.25, -0.2) is 4.39 Å². The van der Waals surface area contributed by atoms with Gasteiger partial charge in [0.25, 0.3) is 0 Å². The van der Waals surface area contributed by atoms with Gasteiger partial charge in [0.1, 0.15) is 5.82 Å². The number of rotatable bonds is 4. The third kappa shape index (κ3) is 3.02. The number of anilines is 1. The number of halogens is 1. The van der Waals surface area contributed by atoms with E-state index < -0.39 is 6.10 Å². The van der Waals surface area contributed by atoms with E-state index in [0.29, 0.717) is 5.56 Å². The average molecular weight is 251 g/mol. The summed E-state index contributed by atoms with van der Waals surface area (Å²) in [7, 11) is 2.03. The molecule has 0 bridgehead atoms. The largest absolute Gasteiger partial charge is 0.389 e. The van der Waals surface area contributed by atoms with Crippen LogP contribution in [0.5, 0.6) is 0 Å². The highest BCUT2D eigenvalue weighted by Gasteiger charge is 2.19. The molecule has 18 heavy (non-hydrogen) atoms. The molecule has 1 aliphatic rings. The predicted octanol–water partition coefficient (Wildman–Crippen LogP) is 3.51. The summed E-state index contributed by atoms with van der Waals surface area (Å²) in [6, 6.07) is 4.67. The molecule has 1 atom stereocenters. The van der Waals surface area contributed by atoms with E-state index in [1.54, 1.807) is 13.0 Å². The smallest absolute Gasteiger partial charge is 0.123 e. The van der Waals surface area contributed by atoms with Crippen LogP contribution in [0, 0.1) is 11.7 Å². The van der Waals surface area contributed by atoms with Gasteiger partial charge in [-0.3, -0.25) is 0 Å². The quantitative estimate of drug-likeness (QED) is 0.885. The van der Waals surface area contributed by atoms with Crippen molar-refractivity contribution in [1.82, 2.24) is 0 Å². The van der Waals surface area contributed by atoms with Gasteiger partial charge < -0.3 is 10.0 Å². The number of benzene rings is 1. The second-order valence-corrected chi connectivity index (χ2v) is 5.41. The van der Waals surface area contributed by atoms with Crippen LogP contribution in [0.2, 0.25) is 0 Å². The maximum atomic E-state index is 13.2. The van der Waals surface area contributed by atoms with E-state index in [4.69, 9.17) is 0 Å². The number of nitrogens with zero attached hydrogens (tertiary/aromatic N) is 1. The number of hydrogen-bond acceptors (Lipinski definition) is 2. The van der Waals surface area contributed by atoms with Crippen molar-refractivity contribution in [2.75, 3.05) is 18.5 Å². The lowest BCUT2D eigenvalue weighted by Crippen LogP contribution is -2.25. The first-order chi connectivity index (χ1) is 8.58. The molecule has 0 spiro atoms. The normalized spacial score (nSPS) is 18.0. The van der Waals surface area contributed by atoms with Crippen molar-refractivity contribution in [3.63, 3.8) is 0 Å². The monoisotopic (exact) mass is 251 g/mol. The Kier molecular flexibility index (Phi) is 4.23. The summed E-state index contributed by atoms with van der Waals surface area (Å²) in [6.45, 7) is 2.67. The maximum Gasteiger partial charge on any atom is 0.123 e. The van der Waals surface area contributed by atoms with Crippen molar-refractivity contribution in [3.8, 4) is 0 Å². The van der Waals surface area contributed by atoms with Crippen molar-refractivity contribution in [2.45, 2.75) is 38.7 Å². The van der Waals surface area contributed by atoms with Gasteiger partial charge in [0.05, 0.1) is 6.10 Å². The van der Waals surface area contributed by atoms with Crippen LogP contribution in [-0.4, -0.2) is 18.7 Å². The highest BCUT2D eigenvalue weighted by atomic mass is 19.1. The lowest BCUT2D eigenvalue weighted by molar-refractivity contribution is 0.199. The number of hydrogen-bond donors (Lipinski definition) is 1. The second kappa shape index (κ2) is 5.70. The Morgan fingerprint density at radius 3 is 2.67 bits per heavy atom. The molecule has 2 rings (SSSR count). The van der Waals surface area contributed by atoms with Crippen LogP contribution in [-0.2, 0) is 0 Å². The SMILES string of the molecule is C[C@H](O)c1cc(F)ccc1N(C)CC1CCCC1. The molecule has 0 heterocycles. The molecule has 3 heteroatoms. The Morgan fingerprint density at radius 1 is 1.39 bits per heavy atom. The zero-order valence-corrected chi connectivity index (χ0v) is 11.2. The van der Waals surface area contributed by atoms with Crippen LogP contribution in [0.1, 0.15) is 44.3 Å². The summed E-state index contributed by atoms with van der Waals surface area (Å²) in [6.07, 6.45) is 4.59. The zero-order chi connectivity index (χ0) is 13.1. The van der Waals surface area contributed by atoms with E-state index in [1.165, 1.54) is 37.8 Å². The highest BCUT2D eigenvalue weighted by Crippen LogP contribution is 2.30. The minimum Gasteiger partial charge on any atom is -0.389 e. The van der Waals surface area contributed by atoms with Crippen molar-refractivity contribution in [1.29, 1.82) is 0 Å². The van der Waals surface area contributed by atoms with Gasteiger partial charge in [0, 0.05) is 24.8 Å². The minimum atomic E-state index is -0.637. The number of aliphatic hydroxyl groups excluding tert-OH is 1. The first-order valence-corrected chi connectivity index (χ1v) is 6.76. The van der Waals surface area contributed by atoms with Crippen LogP contribution in [0.4, 0.5) is 10.1 Å². The van der Waals surface area contributed by atoms with E-state index >= 15 is 0 Å². The van der Waals surface area contributed by atoms with Crippen LogP contribution < -0.4 is 4.90 Å². The molecule has 0 unspecified atom stereocenters. The van der Waals surface area contributed by atoms with E-state index in [-0.39, 0.29) is 5.82 Å². The molecular weight excluding hydrogens is 229 g/mol. The Morgan fingerprint density at radius 2 is 2.06 bits per heavy atom. The first-order valence-electron chi connectivity index (χ1n) is 6.76. The summed E-state index contributed by atoms with van der Waals surface area (Å²) in [5.74, 6) is 0.450. The van der Waals surface area contributed by atoms with Gasteiger partial charge in [-0.1, -0.05) is 12.8 Å². The molecule has 1 aromatic rings. The maximum absolute atomic E-state index is 13.2. The summed E-state index contributed by atoms with van der Waals surface area (Å²) >= 11 is 0. The second-order valence-electron chi connectivity index (χ2n) is 5.41. The summed E-state index contributed by atoms with van der Waals surface area (Å²) < 4.78 is 13.2. The summed E-state index contributed by atoms with van der Waals surface area (Å²) in [5, 5.41) is 9.75. The van der Waals surface area contributed by atoms with Gasteiger partial charge in [0.2, 0.25) is 0 Å². The third-order valence-corrected chi connectivity index (χ3v) is 3.86. The van der Waals surface area contributed by atoms with Gasteiger partial charge in [-0.2, -0.15) is 0 Å². The molecule has 1 N–H and O–H groups in total. The molecule has 0 aliphatic heterocycles. The lowest BCUT2D eigenvalue weighted by Gasteiger charge is -2.26. The van der Waals surface area contributed by atoms with E-state index in [9.17, 15) is 9.50 Å². The van der Waals surface area contributed by atoms with Crippen LogP contribution >= 0.6 is 0 Å². The Balaban J connectivity index is 2.15. The predicted molar refractivity (Wildman–Crippen MR) is 72.3 cm³/mol. The minimum absolute atomic E-state index is 0.288. The van der Waals surface area contributed by atoms with Crippen LogP contribution in [0.15, 0.2) is 18.2 Å². The Bertz CT molecular complexity index is 399. The molecule has 2 nitrogen and oxygen atoms in total. The molecule has 0 amide bonds. The van der Waals surface area contributed by atoms with E-state index in [1.807, 2.05) is 7.05 Å². The van der Waals surface area contributed by atoms with E-state index in [0.717, 1.165) is 18.2 Å². The third-order valence-electron chi connectivity index (χ3n) is 3.86. The average Bonchev–Trinajstić information content (AvgIpc) is 2.81. The summed E-state index contributed by atoms with van der Waals surface area (Å²) in [5.41, 5.74) is 1.62. The highest BCUT2D eigenvalue weighted by molar-refractivity contribution is 5.54. The molecule has 1 saturated carbocycles. The standard InChI is InChI=1S/C15H22FNO/c1-11(18)14-9-13(16)7-8-15(14)17(2)10-12-5-3-4-6-12/h7-9,11-12,18H,3-6,10H2,1-2H3/t11-/m0/s1. The fourth-order valence-corrected chi connectivity index (χ4v) is 2.89. The summed E-state index contributed by atoms with van der Waals surface area (Å²) in [4.78, 5) is 2.15. The molecule has 1 aromatic carbocycles. The molecule has 0 saturated heterocycles. The topological polar surface area (TPSA) is 23.5 Å². The van der Waals surface area contributed by atoms with Crippen LogP contribution in [0.25, 0.3) is 0 Å². The molecule has 0 aromatic heterocycles. The molecule has 100 valence electrons. The molecule has 1 aliphatic carbocycles. The van der Waals surface area contributed by atoms with E-state index in [2.05, 4.69) is 4.90 Å². The van der Waals surface area contributed by atoms with Gasteiger partial charge in [0.15, 0.2) is 0 Å². The fourth-order valence-electron chi connectivity index (χ4n) is 2.89. The van der Waals surface area contributed by atoms with Crippen molar-refractivity contribution < 1.29 is 9.50 Å². The van der Waals surface area contributed by atoms with Crippen molar-refractivity contribution in [3.05, 3.63) is 29.6 Å². The molecular formula is C15H22FNO. The zero-order valence-electron chi connectivity index (χ0n) is 11.2. The van der Waals surface area contributed by atoms with Gasteiger partial charge in [-0.15, -0.1) is 0 Å². The van der Waals surface area contributed by atoms with Crippen molar-refractivity contribution >= 4 is 5.69 Å². The van der Waals surface area contributed by atoms with Crippen LogP contribution in [0.3, 0.4) is 0 Å². The molecule has 0 radical (unpaired) electrons. The first kappa shape index (κ1) is 13.3. The van der Waals surface area contributed by atoms with Gasteiger partial charge in [-0.05, 0) is 43.9 Å². The Labute approximate surface area is 108 Å². The Hall–Kier alpha value is -1.09. The number of aliphatic hydroxyl groups is 1. The molecule has 1 fully saturated rings. The van der Waals surface area contributed by atoms with Crippen molar-refractivity contribution in [2.24, 2.45) is 5.92 Å². The van der Waals surface area contributed by atoms with Gasteiger partial charge >= 0.3 is 0 Å². The lowest BCUT2D eigenvalue weighted by atomic mass is 10.0.